The van der Waals surface area contributed by atoms with Gasteiger partial charge in [0.2, 0.25) is 11.8 Å². The van der Waals surface area contributed by atoms with Crippen LogP contribution in [0.3, 0.4) is 0 Å². The molecule has 0 fully saturated rings. The summed E-state index contributed by atoms with van der Waals surface area (Å²) in [6.07, 6.45) is 2.72. The molecule has 0 saturated heterocycles. The standard InChI is InChI=1S/C20H22N2O3/c1-3-10-21-18(23)12-22(2)19(24)11-15-13-25-17-9-8-14-6-4-5-7-16(14)20(15)17/h4-9,13H,3,10-12H2,1-2H3,(H,21,23). The Bertz CT molecular complexity index is 914. The maximum Gasteiger partial charge on any atom is 0.239 e. The molecular formula is C20H22N2O3. The largest absolute Gasteiger partial charge is 0.464 e. The van der Waals surface area contributed by atoms with E-state index >= 15 is 0 Å². The number of carbonyl (C=O) groups is 2. The van der Waals surface area contributed by atoms with Crippen molar-refractivity contribution in [2.75, 3.05) is 20.1 Å². The monoisotopic (exact) mass is 338 g/mol. The molecule has 0 saturated carbocycles. The van der Waals surface area contributed by atoms with Crippen molar-refractivity contribution < 1.29 is 14.0 Å². The molecule has 2 aromatic carbocycles. The van der Waals surface area contributed by atoms with Crippen molar-refractivity contribution in [1.82, 2.24) is 10.2 Å². The molecule has 5 heteroatoms. The van der Waals surface area contributed by atoms with E-state index in [0.717, 1.165) is 33.7 Å². The van der Waals surface area contributed by atoms with Gasteiger partial charge < -0.3 is 14.6 Å². The molecule has 1 heterocycles. The summed E-state index contributed by atoms with van der Waals surface area (Å²) in [7, 11) is 1.65. The van der Waals surface area contributed by atoms with Crippen molar-refractivity contribution in [1.29, 1.82) is 0 Å². The summed E-state index contributed by atoms with van der Waals surface area (Å²) in [5.41, 5.74) is 1.61. The van der Waals surface area contributed by atoms with E-state index in [-0.39, 0.29) is 24.8 Å². The zero-order valence-electron chi connectivity index (χ0n) is 14.5. The molecule has 0 aliphatic heterocycles. The van der Waals surface area contributed by atoms with Gasteiger partial charge in [-0.25, -0.2) is 0 Å². The molecule has 0 bridgehead atoms. The summed E-state index contributed by atoms with van der Waals surface area (Å²) in [6, 6.07) is 12.0. The van der Waals surface area contributed by atoms with Crippen LogP contribution in [-0.2, 0) is 16.0 Å². The number of likely N-dealkylation sites (N-methyl/N-ethyl adjacent to an activating group) is 1. The van der Waals surface area contributed by atoms with E-state index in [2.05, 4.69) is 5.32 Å². The fourth-order valence-corrected chi connectivity index (χ4v) is 2.93. The number of fused-ring (bicyclic) bond motifs is 3. The minimum atomic E-state index is -0.139. The lowest BCUT2D eigenvalue weighted by molar-refractivity contribution is -0.134. The molecule has 130 valence electrons. The van der Waals surface area contributed by atoms with Gasteiger partial charge in [0, 0.05) is 24.5 Å². The first-order chi connectivity index (χ1) is 12.1. The molecule has 25 heavy (non-hydrogen) atoms. The number of nitrogens with zero attached hydrogens (tertiary/aromatic N) is 1. The Morgan fingerprint density at radius 3 is 2.76 bits per heavy atom. The average molecular weight is 338 g/mol. The molecule has 3 aromatic rings. The van der Waals surface area contributed by atoms with Crippen molar-refractivity contribution >= 4 is 33.6 Å². The second-order valence-corrected chi connectivity index (χ2v) is 6.20. The fourth-order valence-electron chi connectivity index (χ4n) is 2.93. The highest BCUT2D eigenvalue weighted by atomic mass is 16.3. The molecule has 0 unspecified atom stereocenters. The van der Waals surface area contributed by atoms with Gasteiger partial charge in [0.15, 0.2) is 0 Å². The summed E-state index contributed by atoms with van der Waals surface area (Å²) in [6.45, 7) is 2.68. The van der Waals surface area contributed by atoms with Crippen LogP contribution in [0.25, 0.3) is 21.7 Å². The summed E-state index contributed by atoms with van der Waals surface area (Å²) < 4.78 is 5.62. The van der Waals surface area contributed by atoms with Gasteiger partial charge in [-0.1, -0.05) is 37.3 Å². The Morgan fingerprint density at radius 2 is 1.96 bits per heavy atom. The first kappa shape index (κ1) is 17.0. The first-order valence-electron chi connectivity index (χ1n) is 8.48. The number of rotatable bonds is 6. The van der Waals surface area contributed by atoms with Crippen LogP contribution in [0.2, 0.25) is 0 Å². The molecule has 1 aromatic heterocycles. The van der Waals surface area contributed by atoms with Crippen LogP contribution in [0.4, 0.5) is 0 Å². The van der Waals surface area contributed by atoms with E-state index in [9.17, 15) is 9.59 Å². The number of benzene rings is 2. The van der Waals surface area contributed by atoms with E-state index in [1.54, 1.807) is 13.3 Å². The van der Waals surface area contributed by atoms with Gasteiger partial charge in [-0.2, -0.15) is 0 Å². The minimum absolute atomic E-state index is 0.0648. The molecule has 0 aliphatic carbocycles. The zero-order chi connectivity index (χ0) is 17.8. The van der Waals surface area contributed by atoms with Crippen LogP contribution in [0, 0.1) is 0 Å². The number of hydrogen-bond donors (Lipinski definition) is 1. The summed E-state index contributed by atoms with van der Waals surface area (Å²) >= 11 is 0. The quantitative estimate of drug-likeness (QED) is 0.751. The van der Waals surface area contributed by atoms with Crippen molar-refractivity contribution in [3.8, 4) is 0 Å². The van der Waals surface area contributed by atoms with Crippen molar-refractivity contribution in [2.24, 2.45) is 0 Å². The van der Waals surface area contributed by atoms with Gasteiger partial charge in [0.25, 0.3) is 0 Å². The maximum atomic E-state index is 12.5. The summed E-state index contributed by atoms with van der Waals surface area (Å²) in [5, 5.41) is 5.93. The summed E-state index contributed by atoms with van der Waals surface area (Å²) in [4.78, 5) is 25.7. The smallest absolute Gasteiger partial charge is 0.239 e. The molecule has 0 spiro atoms. The Kier molecular flexibility index (Phi) is 5.03. The second-order valence-electron chi connectivity index (χ2n) is 6.20. The summed E-state index contributed by atoms with van der Waals surface area (Å²) in [5.74, 6) is -0.248. The Labute approximate surface area is 146 Å². The number of amides is 2. The highest BCUT2D eigenvalue weighted by Crippen LogP contribution is 2.30. The van der Waals surface area contributed by atoms with Crippen LogP contribution < -0.4 is 5.32 Å². The third-order valence-electron chi connectivity index (χ3n) is 4.26. The topological polar surface area (TPSA) is 62.6 Å². The molecule has 0 radical (unpaired) electrons. The Hall–Kier alpha value is -2.82. The Balaban J connectivity index is 1.79. The number of nitrogens with one attached hydrogen (secondary N) is 1. The van der Waals surface area contributed by atoms with Crippen LogP contribution in [0.15, 0.2) is 47.1 Å². The molecule has 2 amide bonds. The normalized spacial score (nSPS) is 11.0. The highest BCUT2D eigenvalue weighted by molar-refractivity contribution is 6.08. The maximum absolute atomic E-state index is 12.5. The second kappa shape index (κ2) is 7.38. The van der Waals surface area contributed by atoms with Crippen LogP contribution in [-0.4, -0.2) is 36.9 Å². The lowest BCUT2D eigenvalue weighted by atomic mass is 10.0. The number of hydrogen-bond acceptors (Lipinski definition) is 3. The van der Waals surface area contributed by atoms with E-state index in [4.69, 9.17) is 4.42 Å². The predicted octanol–water partition coefficient (Wildman–Crippen LogP) is 3.11. The average Bonchev–Trinajstić information content (AvgIpc) is 3.03. The van der Waals surface area contributed by atoms with Crippen LogP contribution in [0.1, 0.15) is 18.9 Å². The van der Waals surface area contributed by atoms with Gasteiger partial charge in [0.1, 0.15) is 5.58 Å². The molecule has 3 rings (SSSR count). The molecule has 0 aliphatic rings. The fraction of sp³-hybridized carbons (Fsp3) is 0.300. The predicted molar refractivity (Wildman–Crippen MR) is 98.4 cm³/mol. The third kappa shape index (κ3) is 3.65. The minimum Gasteiger partial charge on any atom is -0.464 e. The van der Waals surface area contributed by atoms with Gasteiger partial charge in [-0.05, 0) is 23.3 Å². The van der Waals surface area contributed by atoms with Crippen molar-refractivity contribution in [3.05, 3.63) is 48.2 Å². The Morgan fingerprint density at radius 1 is 1.16 bits per heavy atom. The van der Waals surface area contributed by atoms with Gasteiger partial charge in [-0.15, -0.1) is 0 Å². The van der Waals surface area contributed by atoms with Crippen LogP contribution >= 0.6 is 0 Å². The van der Waals surface area contributed by atoms with E-state index in [1.165, 1.54) is 4.90 Å². The number of furan rings is 1. The van der Waals surface area contributed by atoms with E-state index in [0.29, 0.717) is 6.54 Å². The molecule has 0 atom stereocenters. The van der Waals surface area contributed by atoms with Gasteiger partial charge >= 0.3 is 0 Å². The molecule has 5 nitrogen and oxygen atoms in total. The lowest BCUT2D eigenvalue weighted by Crippen LogP contribution is -2.39. The first-order valence-corrected chi connectivity index (χ1v) is 8.48. The number of carbonyl (C=O) groups excluding carboxylic acids is 2. The van der Waals surface area contributed by atoms with E-state index < -0.39 is 0 Å². The highest BCUT2D eigenvalue weighted by Gasteiger charge is 2.17. The van der Waals surface area contributed by atoms with Crippen LogP contribution in [0.5, 0.6) is 0 Å². The third-order valence-corrected chi connectivity index (χ3v) is 4.26. The van der Waals surface area contributed by atoms with Gasteiger partial charge in [0.05, 0.1) is 19.2 Å². The van der Waals surface area contributed by atoms with E-state index in [1.807, 2.05) is 43.3 Å². The zero-order valence-corrected chi connectivity index (χ0v) is 14.5. The SMILES string of the molecule is CCCNC(=O)CN(C)C(=O)Cc1coc2ccc3ccccc3c12. The molecular weight excluding hydrogens is 316 g/mol. The lowest BCUT2D eigenvalue weighted by Gasteiger charge is -2.16. The van der Waals surface area contributed by atoms with Crippen molar-refractivity contribution in [3.63, 3.8) is 0 Å². The van der Waals surface area contributed by atoms with Gasteiger partial charge in [-0.3, -0.25) is 9.59 Å². The van der Waals surface area contributed by atoms with Crippen molar-refractivity contribution in [2.45, 2.75) is 19.8 Å². The molecule has 1 N–H and O–H groups in total.